The molecular formula is C15H24N4O. The number of aryl methyl sites for hydroxylation is 1. The van der Waals surface area contributed by atoms with Gasteiger partial charge in [-0.1, -0.05) is 13.3 Å². The fraction of sp³-hybridized carbons (Fsp3) is 0.600. The molecule has 1 aliphatic rings. The Bertz CT molecular complexity index is 449. The molecule has 20 heavy (non-hydrogen) atoms. The summed E-state index contributed by atoms with van der Waals surface area (Å²) in [4.78, 5) is 18.9. The zero-order valence-corrected chi connectivity index (χ0v) is 12.4. The summed E-state index contributed by atoms with van der Waals surface area (Å²) in [5.41, 5.74) is 4.09. The number of rotatable bonds is 6. The van der Waals surface area contributed by atoms with Crippen LogP contribution in [0.1, 0.15) is 49.2 Å². The summed E-state index contributed by atoms with van der Waals surface area (Å²) >= 11 is 0. The van der Waals surface area contributed by atoms with E-state index in [0.29, 0.717) is 17.3 Å². The highest BCUT2D eigenvalue weighted by molar-refractivity contribution is 5.95. The van der Waals surface area contributed by atoms with Crippen LogP contribution in [-0.4, -0.2) is 28.9 Å². The van der Waals surface area contributed by atoms with Gasteiger partial charge < -0.3 is 10.3 Å². The number of carbonyl (C=O) groups excluding carboxylic acids is 1. The minimum Gasteiger partial charge on any atom is -0.339 e. The molecule has 5 heteroatoms. The topological polar surface area (TPSA) is 71.2 Å². The van der Waals surface area contributed by atoms with Gasteiger partial charge in [-0.3, -0.25) is 4.79 Å². The third-order valence-electron chi connectivity index (χ3n) is 4.01. The number of carbonyl (C=O) groups is 1. The number of hydrogen-bond donors (Lipinski definition) is 2. The van der Waals surface area contributed by atoms with Crippen molar-refractivity contribution < 1.29 is 4.79 Å². The van der Waals surface area contributed by atoms with Crippen LogP contribution in [0, 0.1) is 5.92 Å². The van der Waals surface area contributed by atoms with Crippen LogP contribution in [0.2, 0.25) is 0 Å². The van der Waals surface area contributed by atoms with Gasteiger partial charge in [-0.25, -0.2) is 10.8 Å². The zero-order valence-electron chi connectivity index (χ0n) is 12.4. The van der Waals surface area contributed by atoms with E-state index in [9.17, 15) is 4.79 Å². The highest BCUT2D eigenvalue weighted by Gasteiger charge is 2.23. The van der Waals surface area contributed by atoms with E-state index in [2.05, 4.69) is 10.4 Å². The van der Waals surface area contributed by atoms with Gasteiger partial charge >= 0.3 is 0 Å². The van der Waals surface area contributed by atoms with Crippen molar-refractivity contribution in [3.63, 3.8) is 0 Å². The standard InChI is InChI=1S/C15H24N4O/c1-3-13-8-12(9-14(17-13)18-16)15(20)19(4-2)10-11-6-5-7-11/h8-9,11H,3-7,10,16H2,1-2H3,(H,17,18). The van der Waals surface area contributed by atoms with Crippen molar-refractivity contribution in [1.82, 2.24) is 9.88 Å². The van der Waals surface area contributed by atoms with Crippen LogP contribution < -0.4 is 11.3 Å². The predicted octanol–water partition coefficient (Wildman–Crippen LogP) is 2.19. The second-order valence-corrected chi connectivity index (χ2v) is 5.37. The second kappa shape index (κ2) is 6.70. The van der Waals surface area contributed by atoms with Gasteiger partial charge in [-0.15, -0.1) is 0 Å². The minimum absolute atomic E-state index is 0.0769. The Labute approximate surface area is 120 Å². The van der Waals surface area contributed by atoms with E-state index < -0.39 is 0 Å². The number of nitrogens with one attached hydrogen (secondary N) is 1. The molecule has 0 atom stereocenters. The molecule has 1 aromatic heterocycles. The highest BCUT2D eigenvalue weighted by atomic mass is 16.2. The van der Waals surface area contributed by atoms with Crippen LogP contribution in [0.3, 0.4) is 0 Å². The van der Waals surface area contributed by atoms with Gasteiger partial charge in [0, 0.05) is 24.3 Å². The molecule has 5 nitrogen and oxygen atoms in total. The summed E-state index contributed by atoms with van der Waals surface area (Å²) in [5, 5.41) is 0. The molecule has 0 unspecified atom stereocenters. The first-order valence-electron chi connectivity index (χ1n) is 7.44. The molecule has 0 spiro atoms. The lowest BCUT2D eigenvalue weighted by molar-refractivity contribution is 0.0706. The lowest BCUT2D eigenvalue weighted by Gasteiger charge is -2.32. The van der Waals surface area contributed by atoms with E-state index in [1.165, 1.54) is 19.3 Å². The van der Waals surface area contributed by atoms with Gasteiger partial charge in [0.15, 0.2) is 0 Å². The van der Waals surface area contributed by atoms with Gasteiger partial charge in [0.25, 0.3) is 5.91 Å². The van der Waals surface area contributed by atoms with Crippen LogP contribution in [0.5, 0.6) is 0 Å². The smallest absolute Gasteiger partial charge is 0.254 e. The first kappa shape index (κ1) is 14.8. The number of hydrazine groups is 1. The SMILES string of the molecule is CCc1cc(C(=O)N(CC)CC2CCC2)cc(NN)n1. The predicted molar refractivity (Wildman–Crippen MR) is 80.3 cm³/mol. The summed E-state index contributed by atoms with van der Waals surface area (Å²) in [6.07, 6.45) is 4.57. The Morgan fingerprint density at radius 1 is 1.45 bits per heavy atom. The minimum atomic E-state index is 0.0769. The van der Waals surface area contributed by atoms with Crippen LogP contribution >= 0.6 is 0 Å². The number of anilines is 1. The maximum atomic E-state index is 12.6. The molecular weight excluding hydrogens is 252 g/mol. The fourth-order valence-corrected chi connectivity index (χ4v) is 2.49. The molecule has 3 N–H and O–H groups in total. The van der Waals surface area contributed by atoms with E-state index in [1.54, 1.807) is 6.07 Å². The van der Waals surface area contributed by atoms with E-state index in [1.807, 2.05) is 24.8 Å². The second-order valence-electron chi connectivity index (χ2n) is 5.37. The molecule has 0 saturated heterocycles. The zero-order chi connectivity index (χ0) is 14.5. The molecule has 0 bridgehead atoms. The van der Waals surface area contributed by atoms with Crippen molar-refractivity contribution in [3.8, 4) is 0 Å². The Hall–Kier alpha value is -1.62. The van der Waals surface area contributed by atoms with E-state index in [0.717, 1.165) is 25.2 Å². The highest BCUT2D eigenvalue weighted by Crippen LogP contribution is 2.27. The molecule has 1 amide bonds. The first-order chi connectivity index (χ1) is 9.67. The van der Waals surface area contributed by atoms with Crippen molar-refractivity contribution >= 4 is 11.7 Å². The molecule has 1 aliphatic carbocycles. The number of amides is 1. The Kier molecular flexibility index (Phi) is 4.95. The average Bonchev–Trinajstić information content (AvgIpc) is 2.45. The van der Waals surface area contributed by atoms with Gasteiger partial charge in [0.05, 0.1) is 0 Å². The Morgan fingerprint density at radius 3 is 2.70 bits per heavy atom. The molecule has 1 fully saturated rings. The molecule has 0 aliphatic heterocycles. The number of nitrogens with zero attached hydrogens (tertiary/aromatic N) is 2. The Balaban J connectivity index is 2.16. The molecule has 0 radical (unpaired) electrons. The maximum absolute atomic E-state index is 12.6. The molecule has 1 aromatic rings. The van der Waals surface area contributed by atoms with Crippen LogP contribution in [0.25, 0.3) is 0 Å². The Morgan fingerprint density at radius 2 is 2.20 bits per heavy atom. The largest absolute Gasteiger partial charge is 0.339 e. The fourth-order valence-electron chi connectivity index (χ4n) is 2.49. The molecule has 2 rings (SSSR count). The van der Waals surface area contributed by atoms with Crippen molar-refractivity contribution in [3.05, 3.63) is 23.4 Å². The van der Waals surface area contributed by atoms with Crippen molar-refractivity contribution in [1.29, 1.82) is 0 Å². The van der Waals surface area contributed by atoms with E-state index in [-0.39, 0.29) is 5.91 Å². The maximum Gasteiger partial charge on any atom is 0.254 e. The first-order valence-corrected chi connectivity index (χ1v) is 7.44. The van der Waals surface area contributed by atoms with Crippen LogP contribution in [0.15, 0.2) is 12.1 Å². The third-order valence-corrected chi connectivity index (χ3v) is 4.01. The van der Waals surface area contributed by atoms with E-state index >= 15 is 0 Å². The summed E-state index contributed by atoms with van der Waals surface area (Å²) in [7, 11) is 0. The summed E-state index contributed by atoms with van der Waals surface area (Å²) in [6, 6.07) is 3.59. The van der Waals surface area contributed by atoms with E-state index in [4.69, 9.17) is 5.84 Å². The number of nitrogens with two attached hydrogens (primary N) is 1. The van der Waals surface area contributed by atoms with Crippen LogP contribution in [0.4, 0.5) is 5.82 Å². The van der Waals surface area contributed by atoms with Gasteiger partial charge in [-0.2, -0.15) is 0 Å². The summed E-state index contributed by atoms with van der Waals surface area (Å²) in [6.45, 7) is 5.65. The molecule has 0 aromatic carbocycles. The number of nitrogen functional groups attached to an aromatic ring is 1. The third kappa shape index (κ3) is 3.28. The number of aromatic nitrogens is 1. The lowest BCUT2D eigenvalue weighted by Crippen LogP contribution is -2.37. The number of hydrogen-bond acceptors (Lipinski definition) is 4. The van der Waals surface area contributed by atoms with Crippen LogP contribution in [-0.2, 0) is 6.42 Å². The van der Waals surface area contributed by atoms with Gasteiger partial charge in [-0.05, 0) is 44.2 Å². The van der Waals surface area contributed by atoms with Gasteiger partial charge in [0.1, 0.15) is 5.82 Å². The van der Waals surface area contributed by atoms with Crippen molar-refractivity contribution in [2.75, 3.05) is 18.5 Å². The van der Waals surface area contributed by atoms with Crippen molar-refractivity contribution in [2.24, 2.45) is 11.8 Å². The summed E-state index contributed by atoms with van der Waals surface area (Å²) < 4.78 is 0. The lowest BCUT2D eigenvalue weighted by atomic mass is 9.85. The van der Waals surface area contributed by atoms with Gasteiger partial charge in [0.2, 0.25) is 0 Å². The van der Waals surface area contributed by atoms with Crippen molar-refractivity contribution in [2.45, 2.75) is 39.5 Å². The quantitative estimate of drug-likeness (QED) is 0.617. The molecule has 110 valence electrons. The monoisotopic (exact) mass is 276 g/mol. The summed E-state index contributed by atoms with van der Waals surface area (Å²) in [5.74, 6) is 6.73. The molecule has 1 heterocycles. The average molecular weight is 276 g/mol. The molecule has 1 saturated carbocycles. The normalized spacial score (nSPS) is 14.8. The number of pyridine rings is 1.